The summed E-state index contributed by atoms with van der Waals surface area (Å²) < 4.78 is 12.1. The summed E-state index contributed by atoms with van der Waals surface area (Å²) in [5.74, 6) is 0.147. The van der Waals surface area contributed by atoms with Crippen LogP contribution >= 0.6 is 39.1 Å². The summed E-state index contributed by atoms with van der Waals surface area (Å²) in [7, 11) is 1.55. The molecule has 2 aromatic rings. The Morgan fingerprint density at radius 3 is 2.62 bits per heavy atom. The fourth-order valence-corrected chi connectivity index (χ4v) is 2.97. The predicted molar refractivity (Wildman–Crippen MR) is 105 cm³/mol. The molecule has 0 aromatic heterocycles. The molecule has 0 spiro atoms. The van der Waals surface area contributed by atoms with Crippen LogP contribution in [0.2, 0.25) is 10.0 Å². The van der Waals surface area contributed by atoms with Gasteiger partial charge < -0.3 is 19.9 Å². The summed E-state index contributed by atoms with van der Waals surface area (Å²) in [5, 5.41) is 12.9. The molecule has 0 heterocycles. The van der Waals surface area contributed by atoms with E-state index < -0.39 is 12.0 Å². The van der Waals surface area contributed by atoms with E-state index in [1.807, 2.05) is 12.1 Å². The van der Waals surface area contributed by atoms with Crippen molar-refractivity contribution in [3.63, 3.8) is 0 Å². The number of aliphatic carboxylic acids is 1. The molecule has 2 rings (SSSR count). The Labute approximate surface area is 170 Å². The third-order valence-electron chi connectivity index (χ3n) is 3.71. The Morgan fingerprint density at radius 1 is 1.27 bits per heavy atom. The van der Waals surface area contributed by atoms with Crippen molar-refractivity contribution in [3.8, 4) is 11.5 Å². The molecule has 0 amide bonds. The van der Waals surface area contributed by atoms with Gasteiger partial charge >= 0.3 is 5.97 Å². The van der Waals surface area contributed by atoms with Crippen molar-refractivity contribution < 1.29 is 19.4 Å². The van der Waals surface area contributed by atoms with Crippen molar-refractivity contribution in [2.75, 3.05) is 7.11 Å². The lowest BCUT2D eigenvalue weighted by Gasteiger charge is -2.18. The number of ether oxygens (including phenoxy) is 2. The Morgan fingerprint density at radius 2 is 2.00 bits per heavy atom. The van der Waals surface area contributed by atoms with Crippen LogP contribution < -0.4 is 14.8 Å². The lowest BCUT2D eigenvalue weighted by molar-refractivity contribution is -0.139. The monoisotopic (exact) mass is 461 g/mol. The first-order chi connectivity index (χ1) is 12.3. The molecular weight excluding hydrogens is 445 g/mol. The number of benzene rings is 2. The molecule has 2 aromatic carbocycles. The maximum absolute atomic E-state index is 11.0. The fourth-order valence-electron chi connectivity index (χ4n) is 2.19. The van der Waals surface area contributed by atoms with Crippen LogP contribution in [0.3, 0.4) is 0 Å². The van der Waals surface area contributed by atoms with Crippen LogP contribution in [0.25, 0.3) is 0 Å². The van der Waals surface area contributed by atoms with E-state index in [1.165, 1.54) is 0 Å². The Bertz CT molecular complexity index is 801. The molecule has 0 saturated heterocycles. The van der Waals surface area contributed by atoms with E-state index in [-0.39, 0.29) is 6.61 Å². The lowest BCUT2D eigenvalue weighted by atomic mass is 10.1. The van der Waals surface area contributed by atoms with Crippen molar-refractivity contribution in [2.24, 2.45) is 0 Å². The van der Waals surface area contributed by atoms with Gasteiger partial charge in [-0.1, -0.05) is 45.2 Å². The smallest absolute Gasteiger partial charge is 0.320 e. The summed E-state index contributed by atoms with van der Waals surface area (Å²) in [6.45, 7) is 2.12. The largest absolute Gasteiger partial charge is 0.493 e. The molecule has 2 N–H and O–H groups in total. The van der Waals surface area contributed by atoms with Gasteiger partial charge in [0.05, 0.1) is 17.2 Å². The molecule has 0 saturated carbocycles. The van der Waals surface area contributed by atoms with Gasteiger partial charge in [0.1, 0.15) is 12.6 Å². The number of carboxylic acids is 1. The van der Waals surface area contributed by atoms with E-state index in [0.29, 0.717) is 28.1 Å². The van der Waals surface area contributed by atoms with Crippen LogP contribution in [-0.4, -0.2) is 24.2 Å². The fraction of sp³-hybridized carbons (Fsp3) is 0.278. The first-order valence-corrected chi connectivity index (χ1v) is 9.26. The van der Waals surface area contributed by atoms with E-state index in [1.54, 1.807) is 32.2 Å². The molecule has 0 fully saturated rings. The number of nitrogens with one attached hydrogen (secondary N) is 1. The third-order valence-corrected chi connectivity index (χ3v) is 5.19. The Kier molecular flexibility index (Phi) is 7.58. The summed E-state index contributed by atoms with van der Waals surface area (Å²) in [6, 6.07) is 8.17. The van der Waals surface area contributed by atoms with Gasteiger partial charge in [-0.05, 0) is 36.8 Å². The van der Waals surface area contributed by atoms with Crippen molar-refractivity contribution in [2.45, 2.75) is 26.1 Å². The highest BCUT2D eigenvalue weighted by atomic mass is 79.9. The normalized spacial score (nSPS) is 11.9. The second-order valence-electron chi connectivity index (χ2n) is 5.54. The molecular formula is C18H18BrCl2NO4. The van der Waals surface area contributed by atoms with E-state index in [4.69, 9.17) is 37.8 Å². The zero-order valence-corrected chi connectivity index (χ0v) is 17.3. The predicted octanol–water partition coefficient (Wildman–Crippen LogP) is 4.91. The Hall–Kier alpha value is -1.47. The summed E-state index contributed by atoms with van der Waals surface area (Å²) in [6.07, 6.45) is 0. The topological polar surface area (TPSA) is 67.8 Å². The van der Waals surface area contributed by atoms with Crippen molar-refractivity contribution in [3.05, 3.63) is 56.0 Å². The second-order valence-corrected chi connectivity index (χ2v) is 7.20. The van der Waals surface area contributed by atoms with E-state index in [9.17, 15) is 4.79 Å². The average Bonchev–Trinajstić information content (AvgIpc) is 2.61. The van der Waals surface area contributed by atoms with Crippen LogP contribution in [0.1, 0.15) is 18.1 Å². The van der Waals surface area contributed by atoms with E-state index in [2.05, 4.69) is 21.2 Å². The number of halogens is 3. The SMILES string of the molecule is COc1ccc(Br)c(CNC(C)C(=O)O)c1OCc1ccc(Cl)c(Cl)c1. The standard InChI is InChI=1S/C18H18BrCl2NO4/c1-10(18(23)24)22-8-12-13(19)4-6-16(25-2)17(12)26-9-11-3-5-14(20)15(21)7-11/h3-7,10,22H,8-9H2,1-2H3,(H,23,24). The van der Waals surface area contributed by atoms with Gasteiger partial charge in [-0.3, -0.25) is 4.79 Å². The van der Waals surface area contributed by atoms with Gasteiger partial charge in [0.25, 0.3) is 0 Å². The quantitative estimate of drug-likeness (QED) is 0.583. The number of carboxylic acid groups (broad SMARTS) is 1. The molecule has 1 atom stereocenters. The van der Waals surface area contributed by atoms with Gasteiger partial charge in [0.15, 0.2) is 11.5 Å². The average molecular weight is 463 g/mol. The first-order valence-electron chi connectivity index (χ1n) is 7.71. The molecule has 0 radical (unpaired) electrons. The molecule has 0 bridgehead atoms. The van der Waals surface area contributed by atoms with Crippen LogP contribution in [0.5, 0.6) is 11.5 Å². The van der Waals surface area contributed by atoms with Crippen LogP contribution in [0.15, 0.2) is 34.8 Å². The van der Waals surface area contributed by atoms with Gasteiger partial charge in [-0.25, -0.2) is 0 Å². The van der Waals surface area contributed by atoms with Crippen molar-refractivity contribution >= 4 is 45.1 Å². The molecule has 0 aliphatic carbocycles. The summed E-state index contributed by atoms with van der Waals surface area (Å²) in [5.41, 5.74) is 1.61. The third kappa shape index (κ3) is 5.27. The number of hydrogen-bond acceptors (Lipinski definition) is 4. The minimum absolute atomic E-state index is 0.255. The van der Waals surface area contributed by atoms with Gasteiger partial charge in [0, 0.05) is 16.6 Å². The van der Waals surface area contributed by atoms with Crippen molar-refractivity contribution in [1.29, 1.82) is 0 Å². The molecule has 0 aliphatic heterocycles. The van der Waals surface area contributed by atoms with Crippen molar-refractivity contribution in [1.82, 2.24) is 5.32 Å². The number of methoxy groups -OCH3 is 1. The molecule has 8 heteroatoms. The van der Waals surface area contributed by atoms with E-state index in [0.717, 1.165) is 15.6 Å². The van der Waals surface area contributed by atoms with Gasteiger partial charge in [-0.2, -0.15) is 0 Å². The minimum atomic E-state index is -0.928. The summed E-state index contributed by atoms with van der Waals surface area (Å²) in [4.78, 5) is 11.0. The molecule has 5 nitrogen and oxygen atoms in total. The number of carbonyl (C=O) groups is 1. The minimum Gasteiger partial charge on any atom is -0.493 e. The van der Waals surface area contributed by atoms with E-state index >= 15 is 0 Å². The lowest BCUT2D eigenvalue weighted by Crippen LogP contribution is -2.33. The molecule has 0 aliphatic rings. The van der Waals surface area contributed by atoms with Gasteiger partial charge in [-0.15, -0.1) is 0 Å². The maximum atomic E-state index is 11.0. The molecule has 140 valence electrons. The zero-order chi connectivity index (χ0) is 19.3. The van der Waals surface area contributed by atoms with Gasteiger partial charge in [0.2, 0.25) is 0 Å². The number of rotatable bonds is 8. The zero-order valence-electron chi connectivity index (χ0n) is 14.2. The Balaban J connectivity index is 2.25. The highest BCUT2D eigenvalue weighted by molar-refractivity contribution is 9.10. The first kappa shape index (κ1) is 20.8. The molecule has 1 unspecified atom stereocenters. The number of hydrogen-bond donors (Lipinski definition) is 2. The molecule has 26 heavy (non-hydrogen) atoms. The van der Waals surface area contributed by atoms with Crippen LogP contribution in [0.4, 0.5) is 0 Å². The second kappa shape index (κ2) is 9.46. The maximum Gasteiger partial charge on any atom is 0.320 e. The summed E-state index contributed by atoms with van der Waals surface area (Å²) >= 11 is 15.5. The highest BCUT2D eigenvalue weighted by Gasteiger charge is 2.17. The van der Waals surface area contributed by atoms with Crippen LogP contribution in [-0.2, 0) is 17.9 Å². The highest BCUT2D eigenvalue weighted by Crippen LogP contribution is 2.37. The van der Waals surface area contributed by atoms with Crippen LogP contribution in [0, 0.1) is 0 Å².